The number of imidazole rings is 1. The molecule has 4 aromatic heterocycles. The summed E-state index contributed by atoms with van der Waals surface area (Å²) in [6.07, 6.45) is 4.09. The molecule has 47 heavy (non-hydrogen) atoms. The van der Waals surface area contributed by atoms with Crippen LogP contribution in [0.15, 0.2) is 167 Å². The van der Waals surface area contributed by atoms with Gasteiger partial charge in [0, 0.05) is 39.5 Å². The summed E-state index contributed by atoms with van der Waals surface area (Å²) in [5, 5.41) is 4.30. The zero-order valence-electron chi connectivity index (χ0n) is 25.2. The zero-order chi connectivity index (χ0) is 30.9. The lowest BCUT2D eigenvalue weighted by molar-refractivity contribution is 0.658. The third-order valence-electron chi connectivity index (χ3n) is 9.24. The summed E-state index contributed by atoms with van der Waals surface area (Å²) in [6, 6.07) is 50.8. The first-order valence-electron chi connectivity index (χ1n) is 15.8. The van der Waals surface area contributed by atoms with Gasteiger partial charge in [0.1, 0.15) is 28.0 Å². The number of hydrogen-bond donors (Lipinski definition) is 0. The summed E-state index contributed by atoms with van der Waals surface area (Å²) in [7, 11) is 0. The molecule has 0 saturated heterocycles. The van der Waals surface area contributed by atoms with Crippen LogP contribution in [-0.4, -0.2) is 9.38 Å². The molecule has 10 aromatic rings. The van der Waals surface area contributed by atoms with Crippen LogP contribution in [0, 0.1) is 0 Å². The minimum atomic E-state index is 0.820. The summed E-state index contributed by atoms with van der Waals surface area (Å²) in [5.41, 5.74) is 12.9. The maximum absolute atomic E-state index is 6.71. The van der Waals surface area contributed by atoms with Gasteiger partial charge < -0.3 is 13.2 Å². The summed E-state index contributed by atoms with van der Waals surface area (Å²) in [6.45, 7) is 0. The van der Waals surface area contributed by atoms with Gasteiger partial charge in [-0.25, -0.2) is 4.98 Å². The van der Waals surface area contributed by atoms with Crippen molar-refractivity contribution in [2.45, 2.75) is 0 Å². The number of nitrogens with zero attached hydrogens (tertiary/aromatic N) is 2. The van der Waals surface area contributed by atoms with Crippen molar-refractivity contribution in [1.29, 1.82) is 0 Å². The van der Waals surface area contributed by atoms with Gasteiger partial charge in [0.25, 0.3) is 0 Å². The number of aromatic nitrogens is 2. The molecule has 6 aromatic carbocycles. The first-order valence-corrected chi connectivity index (χ1v) is 15.8. The average Bonchev–Trinajstić information content (AvgIpc) is 3.84. The molecule has 0 N–H and O–H groups in total. The topological polar surface area (TPSA) is 43.6 Å². The number of furan rings is 2. The van der Waals surface area contributed by atoms with E-state index in [1.54, 1.807) is 0 Å². The molecule has 0 saturated carbocycles. The monoisotopic (exact) mass is 602 g/mol. The number of hydrogen-bond acceptors (Lipinski definition) is 3. The highest BCUT2D eigenvalue weighted by atomic mass is 16.3. The molecular weight excluding hydrogens is 576 g/mol. The number of benzene rings is 6. The van der Waals surface area contributed by atoms with Crippen LogP contribution in [-0.2, 0) is 0 Å². The van der Waals surface area contributed by atoms with Gasteiger partial charge in [0.15, 0.2) is 0 Å². The summed E-state index contributed by atoms with van der Waals surface area (Å²) >= 11 is 0. The minimum Gasteiger partial charge on any atom is -0.455 e. The van der Waals surface area contributed by atoms with Crippen molar-refractivity contribution in [2.24, 2.45) is 0 Å². The molecular formula is C43H26N2O2. The van der Waals surface area contributed by atoms with E-state index in [1.807, 2.05) is 40.9 Å². The van der Waals surface area contributed by atoms with Crippen LogP contribution < -0.4 is 0 Å². The minimum absolute atomic E-state index is 0.820. The highest BCUT2D eigenvalue weighted by Gasteiger charge is 2.22. The van der Waals surface area contributed by atoms with Crippen LogP contribution in [0.3, 0.4) is 0 Å². The molecule has 0 aliphatic rings. The SMILES string of the molecule is c1ccc(-c2ccc3oc4c(-c5ccc(-c6cn7ccccc7n6)cc5)c5oc6ccc(-c7ccccc7)cc6c5cc4c3c2)cc1. The lowest BCUT2D eigenvalue weighted by atomic mass is 9.96. The molecule has 0 spiro atoms. The highest BCUT2D eigenvalue weighted by Crippen LogP contribution is 2.45. The first-order chi connectivity index (χ1) is 23.3. The summed E-state index contributed by atoms with van der Waals surface area (Å²) < 4.78 is 15.5. The standard InChI is InChI=1S/C43H26N2O2/c1-3-9-27(10-4-1)31-18-20-38-33(23-31)35-25-36-34-24-32(28-11-5-2-6-12-28)19-21-39(34)47-43(36)41(42(35)46-38)30-16-14-29(15-17-30)37-26-45-22-8-7-13-40(45)44-37/h1-26H. The van der Waals surface area contributed by atoms with Crippen LogP contribution in [0.2, 0.25) is 0 Å². The molecule has 4 heteroatoms. The fourth-order valence-electron chi connectivity index (χ4n) is 6.90. The molecule has 0 atom stereocenters. The van der Waals surface area contributed by atoms with Crippen molar-refractivity contribution < 1.29 is 8.83 Å². The second-order valence-electron chi connectivity index (χ2n) is 12.0. The molecule has 4 heterocycles. The van der Waals surface area contributed by atoms with Crippen LogP contribution in [0.4, 0.5) is 0 Å². The van der Waals surface area contributed by atoms with Crippen molar-refractivity contribution in [3.05, 3.63) is 158 Å². The van der Waals surface area contributed by atoms with Crippen LogP contribution >= 0.6 is 0 Å². The molecule has 220 valence electrons. The number of fused-ring (bicyclic) bond motifs is 7. The first kappa shape index (κ1) is 25.9. The predicted molar refractivity (Wildman–Crippen MR) is 191 cm³/mol. The second kappa shape index (κ2) is 10.1. The Bertz CT molecular complexity index is 2600. The Balaban J connectivity index is 1.23. The Morgan fingerprint density at radius 2 is 0.957 bits per heavy atom. The van der Waals surface area contributed by atoms with Gasteiger partial charge in [-0.15, -0.1) is 0 Å². The Hall–Kier alpha value is -6.39. The van der Waals surface area contributed by atoms with E-state index in [0.29, 0.717) is 0 Å². The second-order valence-corrected chi connectivity index (χ2v) is 12.0. The third kappa shape index (κ3) is 4.12. The van der Waals surface area contributed by atoms with Gasteiger partial charge in [-0.1, -0.05) is 103 Å². The Labute approximate surface area is 269 Å². The molecule has 10 rings (SSSR count). The lowest BCUT2D eigenvalue weighted by Gasteiger charge is -2.06. The number of pyridine rings is 1. The fourth-order valence-corrected chi connectivity index (χ4v) is 6.90. The lowest BCUT2D eigenvalue weighted by Crippen LogP contribution is -1.83. The van der Waals surface area contributed by atoms with Crippen molar-refractivity contribution in [3.8, 4) is 44.6 Å². The molecule has 0 aliphatic heterocycles. The average molecular weight is 603 g/mol. The van der Waals surface area contributed by atoms with Crippen molar-refractivity contribution in [2.75, 3.05) is 0 Å². The molecule has 0 bridgehead atoms. The van der Waals surface area contributed by atoms with Crippen molar-refractivity contribution >= 4 is 49.5 Å². The molecule has 0 aliphatic carbocycles. The van der Waals surface area contributed by atoms with E-state index in [4.69, 9.17) is 13.8 Å². The van der Waals surface area contributed by atoms with E-state index >= 15 is 0 Å². The molecule has 0 amide bonds. The number of rotatable bonds is 4. The quantitative estimate of drug-likeness (QED) is 0.201. The van der Waals surface area contributed by atoms with E-state index < -0.39 is 0 Å². The van der Waals surface area contributed by atoms with Crippen LogP contribution in [0.5, 0.6) is 0 Å². The van der Waals surface area contributed by atoms with E-state index in [0.717, 1.165) is 83.0 Å². The maximum atomic E-state index is 6.71. The van der Waals surface area contributed by atoms with E-state index in [1.165, 1.54) is 11.1 Å². The van der Waals surface area contributed by atoms with Gasteiger partial charge >= 0.3 is 0 Å². The molecule has 4 nitrogen and oxygen atoms in total. The summed E-state index contributed by atoms with van der Waals surface area (Å²) in [5.74, 6) is 0. The van der Waals surface area contributed by atoms with Gasteiger partial charge in [0.05, 0.1) is 11.3 Å². The van der Waals surface area contributed by atoms with Gasteiger partial charge in [-0.3, -0.25) is 0 Å². The van der Waals surface area contributed by atoms with Crippen LogP contribution in [0.1, 0.15) is 0 Å². The molecule has 0 unspecified atom stereocenters. The third-order valence-corrected chi connectivity index (χ3v) is 9.24. The van der Waals surface area contributed by atoms with Crippen molar-refractivity contribution in [3.63, 3.8) is 0 Å². The Kier molecular flexibility index (Phi) is 5.54. The smallest absolute Gasteiger partial charge is 0.147 e. The predicted octanol–water partition coefficient (Wildman–Crippen LogP) is 11.8. The largest absolute Gasteiger partial charge is 0.455 e. The van der Waals surface area contributed by atoms with Crippen molar-refractivity contribution in [1.82, 2.24) is 9.38 Å². The summed E-state index contributed by atoms with van der Waals surface area (Å²) in [4.78, 5) is 4.84. The zero-order valence-corrected chi connectivity index (χ0v) is 25.2. The van der Waals surface area contributed by atoms with Crippen LogP contribution in [0.25, 0.3) is 94.2 Å². The normalized spacial score (nSPS) is 11.8. The van der Waals surface area contributed by atoms with Gasteiger partial charge in [-0.05, 0) is 70.3 Å². The van der Waals surface area contributed by atoms with E-state index in [-0.39, 0.29) is 0 Å². The Morgan fingerprint density at radius 1 is 0.426 bits per heavy atom. The maximum Gasteiger partial charge on any atom is 0.147 e. The van der Waals surface area contributed by atoms with Gasteiger partial charge in [-0.2, -0.15) is 0 Å². The Morgan fingerprint density at radius 3 is 1.53 bits per heavy atom. The highest BCUT2D eigenvalue weighted by molar-refractivity contribution is 6.22. The molecule has 0 fully saturated rings. The van der Waals surface area contributed by atoms with Gasteiger partial charge in [0.2, 0.25) is 0 Å². The van der Waals surface area contributed by atoms with E-state index in [9.17, 15) is 0 Å². The van der Waals surface area contributed by atoms with E-state index in [2.05, 4.69) is 121 Å². The molecule has 0 radical (unpaired) electrons. The fraction of sp³-hybridized carbons (Fsp3) is 0.